The van der Waals surface area contributed by atoms with Crippen molar-refractivity contribution in [2.24, 2.45) is 0 Å². The molecule has 3 aromatic heterocycles. The molecule has 3 heterocycles. The van der Waals surface area contributed by atoms with Crippen LogP contribution in [0.2, 0.25) is 0 Å². The summed E-state index contributed by atoms with van der Waals surface area (Å²) >= 11 is 1.56. The molecule has 0 amide bonds. The average Bonchev–Trinajstić information content (AvgIpc) is 3.37. The van der Waals surface area contributed by atoms with E-state index >= 15 is 0 Å². The van der Waals surface area contributed by atoms with Crippen molar-refractivity contribution in [2.75, 3.05) is 0 Å². The van der Waals surface area contributed by atoms with Gasteiger partial charge in [-0.15, -0.1) is 11.3 Å². The average molecular weight is 367 g/mol. The summed E-state index contributed by atoms with van der Waals surface area (Å²) in [7, 11) is 0. The van der Waals surface area contributed by atoms with Crippen LogP contribution in [0.25, 0.3) is 22.2 Å². The van der Waals surface area contributed by atoms with Crippen LogP contribution in [0.4, 0.5) is 5.69 Å². The van der Waals surface area contributed by atoms with Crippen molar-refractivity contribution in [3.63, 3.8) is 0 Å². The van der Waals surface area contributed by atoms with Crippen molar-refractivity contribution in [3.8, 4) is 22.2 Å². The highest BCUT2D eigenvalue weighted by atomic mass is 32.1. The minimum absolute atomic E-state index is 0.00628. The van der Waals surface area contributed by atoms with E-state index in [1.54, 1.807) is 34.5 Å². The number of aryl methyl sites for hydroxylation is 1. The maximum Gasteiger partial charge on any atom is 0.270 e. The smallest absolute Gasteiger partial charge is 0.270 e. The maximum absolute atomic E-state index is 10.9. The van der Waals surface area contributed by atoms with Gasteiger partial charge in [-0.3, -0.25) is 10.1 Å². The summed E-state index contributed by atoms with van der Waals surface area (Å²) in [6, 6.07) is 10.1. The Kier molecular flexibility index (Phi) is 4.05. The van der Waals surface area contributed by atoms with Crippen LogP contribution in [-0.2, 0) is 6.54 Å². The molecule has 130 valence electrons. The van der Waals surface area contributed by atoms with Gasteiger partial charge in [-0.2, -0.15) is 5.10 Å². The van der Waals surface area contributed by atoms with Gasteiger partial charge in [-0.1, -0.05) is 18.2 Å². The maximum atomic E-state index is 10.9. The van der Waals surface area contributed by atoms with E-state index in [0.29, 0.717) is 23.8 Å². The summed E-state index contributed by atoms with van der Waals surface area (Å²) in [5.41, 5.74) is 1.37. The quantitative estimate of drug-likeness (QED) is 0.391. The minimum atomic E-state index is -0.439. The Labute approximate surface area is 151 Å². The van der Waals surface area contributed by atoms with E-state index in [9.17, 15) is 10.1 Å². The van der Waals surface area contributed by atoms with Crippen LogP contribution in [0.3, 0.4) is 0 Å². The second-order valence-corrected chi connectivity index (χ2v) is 6.52. The van der Waals surface area contributed by atoms with E-state index in [1.165, 1.54) is 12.1 Å². The fraction of sp³-hybridized carbons (Fsp3) is 0.118. The van der Waals surface area contributed by atoms with Crippen LogP contribution in [0.5, 0.6) is 0 Å². The Balaban J connectivity index is 1.58. The van der Waals surface area contributed by atoms with Gasteiger partial charge in [0.25, 0.3) is 5.69 Å². The molecule has 9 heteroatoms. The van der Waals surface area contributed by atoms with Gasteiger partial charge in [-0.25, -0.2) is 14.6 Å². The first-order chi connectivity index (χ1) is 12.6. The van der Waals surface area contributed by atoms with Crippen molar-refractivity contribution in [3.05, 3.63) is 69.7 Å². The van der Waals surface area contributed by atoms with E-state index in [2.05, 4.69) is 15.1 Å². The zero-order chi connectivity index (χ0) is 18.1. The Morgan fingerprint density at radius 3 is 2.96 bits per heavy atom. The molecule has 4 aromatic rings. The monoisotopic (exact) mass is 367 g/mol. The standard InChI is InChI=1S/C17H13N5O3S/c1-11-14(19-17(25-11)15-6-3-7-26-15)9-21-10-18-16(20-21)12-4-2-5-13(8-12)22(23)24/h2-8,10H,9H2,1H3. The summed E-state index contributed by atoms with van der Waals surface area (Å²) in [5.74, 6) is 1.74. The van der Waals surface area contributed by atoms with Crippen LogP contribution in [0.15, 0.2) is 52.5 Å². The summed E-state index contributed by atoms with van der Waals surface area (Å²) < 4.78 is 7.36. The molecule has 0 spiro atoms. The summed E-state index contributed by atoms with van der Waals surface area (Å²) in [4.78, 5) is 20.2. The highest BCUT2D eigenvalue weighted by Crippen LogP contribution is 2.26. The number of nitro groups is 1. The second kappa shape index (κ2) is 6.52. The van der Waals surface area contributed by atoms with Gasteiger partial charge in [0.1, 0.15) is 17.8 Å². The largest absolute Gasteiger partial charge is 0.440 e. The van der Waals surface area contributed by atoms with Crippen LogP contribution in [-0.4, -0.2) is 24.7 Å². The number of nitro benzene ring substituents is 1. The lowest BCUT2D eigenvalue weighted by atomic mass is 10.2. The lowest BCUT2D eigenvalue weighted by Crippen LogP contribution is -2.02. The Bertz CT molecular complexity index is 1070. The molecular weight excluding hydrogens is 354 g/mol. The second-order valence-electron chi connectivity index (χ2n) is 5.57. The molecule has 0 unspecified atom stereocenters. The molecule has 4 rings (SSSR count). The predicted octanol–water partition coefficient (Wildman–Crippen LogP) is 3.93. The Morgan fingerprint density at radius 2 is 2.19 bits per heavy atom. The molecule has 0 aliphatic carbocycles. The van der Waals surface area contributed by atoms with Gasteiger partial charge < -0.3 is 4.42 Å². The van der Waals surface area contributed by atoms with Crippen LogP contribution >= 0.6 is 11.3 Å². The van der Waals surface area contributed by atoms with E-state index in [1.807, 2.05) is 24.4 Å². The summed E-state index contributed by atoms with van der Waals surface area (Å²) in [6.07, 6.45) is 1.58. The molecule has 0 atom stereocenters. The number of thiophene rings is 1. The number of benzene rings is 1. The molecule has 0 saturated carbocycles. The molecule has 0 N–H and O–H groups in total. The van der Waals surface area contributed by atoms with Crippen LogP contribution in [0, 0.1) is 17.0 Å². The Morgan fingerprint density at radius 1 is 1.31 bits per heavy atom. The molecule has 0 saturated heterocycles. The number of oxazole rings is 1. The van der Waals surface area contributed by atoms with Crippen molar-refractivity contribution < 1.29 is 9.34 Å². The minimum Gasteiger partial charge on any atom is -0.440 e. The third-order valence-electron chi connectivity index (χ3n) is 3.79. The number of hydrogen-bond acceptors (Lipinski definition) is 7. The first-order valence-electron chi connectivity index (χ1n) is 7.74. The highest BCUT2D eigenvalue weighted by Gasteiger charge is 2.14. The van der Waals surface area contributed by atoms with Gasteiger partial charge >= 0.3 is 0 Å². The lowest BCUT2D eigenvalue weighted by molar-refractivity contribution is -0.384. The third-order valence-corrected chi connectivity index (χ3v) is 4.65. The predicted molar refractivity (Wildman–Crippen MR) is 95.8 cm³/mol. The number of non-ortho nitro benzene ring substituents is 1. The molecular formula is C17H13N5O3S. The lowest BCUT2D eigenvalue weighted by Gasteiger charge is -1.98. The van der Waals surface area contributed by atoms with Crippen molar-refractivity contribution >= 4 is 17.0 Å². The molecule has 0 aliphatic rings. The van der Waals surface area contributed by atoms with Crippen LogP contribution < -0.4 is 0 Å². The third kappa shape index (κ3) is 3.11. The van der Waals surface area contributed by atoms with Gasteiger partial charge in [0.2, 0.25) is 5.89 Å². The van der Waals surface area contributed by atoms with E-state index in [0.717, 1.165) is 16.3 Å². The molecule has 0 fully saturated rings. The normalized spacial score (nSPS) is 11.0. The number of aromatic nitrogens is 4. The van der Waals surface area contributed by atoms with Crippen molar-refractivity contribution in [2.45, 2.75) is 13.5 Å². The SMILES string of the molecule is Cc1oc(-c2cccs2)nc1Cn1cnc(-c2cccc([N+](=O)[O-])c2)n1. The van der Waals surface area contributed by atoms with Gasteiger partial charge in [0.15, 0.2) is 5.82 Å². The molecule has 26 heavy (non-hydrogen) atoms. The van der Waals surface area contributed by atoms with Crippen molar-refractivity contribution in [1.82, 2.24) is 19.7 Å². The molecule has 0 aliphatic heterocycles. The zero-order valence-corrected chi connectivity index (χ0v) is 14.5. The van der Waals surface area contributed by atoms with Crippen molar-refractivity contribution in [1.29, 1.82) is 0 Å². The van der Waals surface area contributed by atoms with Crippen LogP contribution in [0.1, 0.15) is 11.5 Å². The number of hydrogen-bond donors (Lipinski definition) is 0. The fourth-order valence-corrected chi connectivity index (χ4v) is 3.14. The van der Waals surface area contributed by atoms with Gasteiger partial charge in [0.05, 0.1) is 16.3 Å². The van der Waals surface area contributed by atoms with Gasteiger partial charge in [0, 0.05) is 17.7 Å². The van der Waals surface area contributed by atoms with Gasteiger partial charge in [-0.05, 0) is 18.4 Å². The number of rotatable bonds is 5. The molecule has 1 aromatic carbocycles. The van der Waals surface area contributed by atoms with E-state index < -0.39 is 4.92 Å². The topological polar surface area (TPSA) is 99.9 Å². The van der Waals surface area contributed by atoms with E-state index in [-0.39, 0.29) is 5.69 Å². The molecule has 0 radical (unpaired) electrons. The molecule has 0 bridgehead atoms. The summed E-state index contributed by atoms with van der Waals surface area (Å²) in [6.45, 7) is 2.26. The fourth-order valence-electron chi connectivity index (χ4n) is 2.50. The molecule has 8 nitrogen and oxygen atoms in total. The number of nitrogens with zero attached hydrogens (tertiary/aromatic N) is 5. The first-order valence-corrected chi connectivity index (χ1v) is 8.62. The zero-order valence-electron chi connectivity index (χ0n) is 13.7. The van der Waals surface area contributed by atoms with E-state index in [4.69, 9.17) is 4.42 Å². The highest BCUT2D eigenvalue weighted by molar-refractivity contribution is 7.13. The first kappa shape index (κ1) is 16.2. The summed E-state index contributed by atoms with van der Waals surface area (Å²) in [5, 5.41) is 17.3. The Hall–Kier alpha value is -3.33.